The molecule has 4 heterocycles. The van der Waals surface area contributed by atoms with Crippen molar-refractivity contribution in [2.45, 2.75) is 82.0 Å². The number of aromatic nitrogens is 1. The molecule has 0 N–H and O–H groups in total. The Hall–Kier alpha value is -6.10. The Labute approximate surface area is 413 Å². The molecule has 8 saturated carbocycles. The summed E-state index contributed by atoms with van der Waals surface area (Å²) in [7, 11) is 0. The lowest BCUT2D eigenvalue weighted by Gasteiger charge is -2.91. The molecule has 0 amide bonds. The Balaban J connectivity index is 0.909. The van der Waals surface area contributed by atoms with E-state index < -0.39 is 0 Å². The van der Waals surface area contributed by atoms with Crippen LogP contribution in [0.25, 0.3) is 80.7 Å². The maximum Gasteiger partial charge on any atom is 0.333 e. The maximum absolute atomic E-state index is 2.82. The van der Waals surface area contributed by atoms with Crippen LogP contribution in [0.15, 0.2) is 146 Å². The maximum atomic E-state index is 2.82. The van der Waals surface area contributed by atoms with Crippen molar-refractivity contribution in [1.29, 1.82) is 0 Å². The molecule has 20 rings (SSSR count). The van der Waals surface area contributed by atoms with Crippen LogP contribution >= 0.6 is 11.3 Å². The zero-order valence-corrected chi connectivity index (χ0v) is 40.6. The Morgan fingerprint density at radius 2 is 1.21 bits per heavy atom. The van der Waals surface area contributed by atoms with Crippen molar-refractivity contribution in [2.75, 3.05) is 4.81 Å². The van der Waals surface area contributed by atoms with E-state index in [9.17, 15) is 0 Å². The van der Waals surface area contributed by atoms with Gasteiger partial charge >= 0.3 is 6.85 Å². The van der Waals surface area contributed by atoms with Gasteiger partial charge in [-0.15, -0.1) is 11.3 Å². The van der Waals surface area contributed by atoms with E-state index in [-0.39, 0.29) is 6.85 Å². The number of benzene rings is 8. The zero-order valence-electron chi connectivity index (χ0n) is 39.8. The van der Waals surface area contributed by atoms with E-state index in [4.69, 9.17) is 0 Å². The largest absolute Gasteiger partial charge is 0.376 e. The van der Waals surface area contributed by atoms with E-state index in [1.54, 1.807) is 11.1 Å². The van der Waals surface area contributed by atoms with Gasteiger partial charge in [-0.1, -0.05) is 84.9 Å². The average molecular weight is 917 g/mol. The third kappa shape index (κ3) is 4.27. The SMILES string of the molecule is Cc1cc2c3c(c1)-n1c4ccc(C56CC7CC(CC(C7)C5)C6)cc4c4cc(C56CC7CC8CC(C5)C876)cc(c41)B3N(c1ccc(-c3ccccc3)cc1)c1cc3sc4cc5ccccc5cc4c3cc1-2. The summed E-state index contributed by atoms with van der Waals surface area (Å²) in [5.41, 5.74) is 21.1. The molecule has 8 aromatic carbocycles. The standard InChI is InChI=1S/C66H53BN2S/c1-36-17-54-51-29-53-52-22-42-9-5-6-10-43(42)23-60(52)70-61(53)30-58(51)69(49-14-11-41(12-15-49)40-7-3-2-4-8-40)67-56-28-45(65-34-47-24-46-25-48(35-65)66(46,47)65)27-55-50-26-44(64-31-37-19-38(32-64)21-39(20-37)33-64)13-16-57(50)68(63(55)56)59(18-36)62(54)67/h2-18,22-23,26-30,37-39,46-48H,19-21,24-25,31-35H2,1H3. The fraction of sp³-hybridized carbons (Fsp3) is 0.303. The van der Waals surface area contributed by atoms with Gasteiger partial charge in [-0.3, -0.25) is 0 Å². The Morgan fingerprint density at radius 3 is 1.96 bits per heavy atom. The molecule has 10 aliphatic rings. The number of fused-ring (bicyclic) bond motifs is 11. The van der Waals surface area contributed by atoms with Gasteiger partial charge in [0.1, 0.15) is 0 Å². The summed E-state index contributed by atoms with van der Waals surface area (Å²) in [6, 6.07) is 58.3. The second-order valence-corrected chi connectivity index (χ2v) is 25.9. The van der Waals surface area contributed by atoms with Gasteiger partial charge in [0.2, 0.25) is 0 Å². The summed E-state index contributed by atoms with van der Waals surface area (Å²) in [6.07, 6.45) is 14.5. The predicted octanol–water partition coefficient (Wildman–Crippen LogP) is 15.7. The van der Waals surface area contributed by atoms with Gasteiger partial charge in [0, 0.05) is 59.0 Å². The van der Waals surface area contributed by atoms with Crippen molar-refractivity contribution in [3.63, 3.8) is 0 Å². The summed E-state index contributed by atoms with van der Waals surface area (Å²) in [6.45, 7) is 2.38. The lowest BCUT2D eigenvalue weighted by Crippen LogP contribution is -2.87. The van der Waals surface area contributed by atoms with Crippen molar-refractivity contribution in [2.24, 2.45) is 40.9 Å². The summed E-state index contributed by atoms with van der Waals surface area (Å²) >= 11 is 1.97. The Kier molecular flexibility index (Phi) is 6.63. The third-order valence-electron chi connectivity index (χ3n) is 21.9. The molecule has 2 aromatic heterocycles. The average Bonchev–Trinajstić information content (AvgIpc) is 3.94. The van der Waals surface area contributed by atoms with Crippen LogP contribution in [0.4, 0.5) is 11.4 Å². The molecule has 70 heavy (non-hydrogen) atoms. The molecule has 10 aromatic rings. The fourth-order valence-electron chi connectivity index (χ4n) is 19.8. The van der Waals surface area contributed by atoms with Gasteiger partial charge in [0.15, 0.2) is 0 Å². The van der Waals surface area contributed by atoms with E-state index in [0.29, 0.717) is 16.2 Å². The summed E-state index contributed by atoms with van der Waals surface area (Å²) in [4.78, 5) is 2.81. The minimum absolute atomic E-state index is 0.0243. The number of hydrogen-bond donors (Lipinski definition) is 0. The van der Waals surface area contributed by atoms with E-state index in [0.717, 1.165) is 35.5 Å². The number of anilines is 2. The first-order valence-corrected chi connectivity index (χ1v) is 27.9. The molecule has 1 spiro atoms. The second kappa shape index (κ2) is 12.3. The highest BCUT2D eigenvalue weighted by molar-refractivity contribution is 7.26. The molecule has 4 bridgehead atoms. The van der Waals surface area contributed by atoms with Crippen LogP contribution in [-0.4, -0.2) is 11.4 Å². The molecule has 0 saturated heterocycles. The second-order valence-electron chi connectivity index (χ2n) is 24.8. The van der Waals surface area contributed by atoms with Crippen LogP contribution in [0.2, 0.25) is 0 Å². The van der Waals surface area contributed by atoms with Gasteiger partial charge in [0.05, 0.1) is 11.0 Å². The van der Waals surface area contributed by atoms with Crippen LogP contribution in [0, 0.1) is 47.8 Å². The summed E-state index contributed by atoms with van der Waals surface area (Å²) < 4.78 is 5.51. The third-order valence-corrected chi connectivity index (χ3v) is 23.0. The molecule has 2 nitrogen and oxygen atoms in total. The van der Waals surface area contributed by atoms with E-state index in [1.165, 1.54) is 173 Å². The first-order valence-electron chi connectivity index (χ1n) is 27.0. The van der Waals surface area contributed by atoms with Crippen molar-refractivity contribution in [1.82, 2.24) is 4.57 Å². The van der Waals surface area contributed by atoms with Crippen LogP contribution in [0.1, 0.15) is 80.9 Å². The van der Waals surface area contributed by atoms with E-state index in [2.05, 4.69) is 162 Å². The van der Waals surface area contributed by atoms with Crippen molar-refractivity contribution >= 4 is 93.2 Å². The van der Waals surface area contributed by atoms with Crippen LogP contribution in [-0.2, 0) is 10.8 Å². The highest BCUT2D eigenvalue weighted by Gasteiger charge is 2.87. The summed E-state index contributed by atoms with van der Waals surface area (Å²) in [5.74, 6) is 5.65. The zero-order chi connectivity index (χ0) is 45.1. The quantitative estimate of drug-likeness (QED) is 0.160. The monoisotopic (exact) mass is 916 g/mol. The summed E-state index contributed by atoms with van der Waals surface area (Å²) in [5, 5.41) is 8.40. The van der Waals surface area contributed by atoms with Crippen molar-refractivity contribution in [3.8, 4) is 27.9 Å². The van der Waals surface area contributed by atoms with Gasteiger partial charge in [-0.05, 0) is 233 Å². The van der Waals surface area contributed by atoms with E-state index in [1.807, 2.05) is 11.3 Å². The number of thiophene rings is 1. The molecular formula is C66H53BN2S. The molecular weight excluding hydrogens is 864 g/mol. The minimum atomic E-state index is 0.0243. The van der Waals surface area contributed by atoms with Crippen molar-refractivity contribution < 1.29 is 0 Å². The fourth-order valence-corrected chi connectivity index (χ4v) is 21.0. The normalized spacial score (nSPS) is 30.8. The number of hydrogen-bond acceptors (Lipinski definition) is 2. The lowest BCUT2D eigenvalue weighted by atomic mass is 9.12. The van der Waals surface area contributed by atoms with Gasteiger partial charge in [-0.25, -0.2) is 0 Å². The lowest BCUT2D eigenvalue weighted by molar-refractivity contribution is -0.395. The number of aryl methyl sites for hydroxylation is 1. The predicted molar refractivity (Wildman–Crippen MR) is 293 cm³/mol. The van der Waals surface area contributed by atoms with Gasteiger partial charge < -0.3 is 9.38 Å². The van der Waals surface area contributed by atoms with Crippen LogP contribution in [0.3, 0.4) is 0 Å². The molecule has 2 aliphatic heterocycles. The van der Waals surface area contributed by atoms with E-state index >= 15 is 0 Å². The number of rotatable bonds is 4. The molecule has 2 atom stereocenters. The molecule has 0 radical (unpaired) electrons. The number of nitrogens with zero attached hydrogens (tertiary/aromatic N) is 2. The minimum Gasteiger partial charge on any atom is -0.376 e. The highest BCUT2D eigenvalue weighted by Crippen LogP contribution is 2.92. The Bertz CT molecular complexity index is 4000. The molecule has 8 fully saturated rings. The topological polar surface area (TPSA) is 8.17 Å². The molecule has 4 heteroatoms. The first-order chi connectivity index (χ1) is 34.4. The van der Waals surface area contributed by atoms with Crippen LogP contribution in [0.5, 0.6) is 0 Å². The molecule has 336 valence electrons. The Morgan fingerprint density at radius 1 is 0.529 bits per heavy atom. The molecule has 8 aliphatic carbocycles. The van der Waals surface area contributed by atoms with Gasteiger partial charge in [0.25, 0.3) is 0 Å². The van der Waals surface area contributed by atoms with Crippen molar-refractivity contribution in [3.05, 3.63) is 162 Å². The van der Waals surface area contributed by atoms with Gasteiger partial charge in [-0.2, -0.15) is 0 Å². The molecule has 2 unspecified atom stereocenters. The highest BCUT2D eigenvalue weighted by atomic mass is 32.1. The first kappa shape index (κ1) is 37.7. The van der Waals surface area contributed by atoms with Crippen LogP contribution < -0.4 is 15.7 Å². The smallest absolute Gasteiger partial charge is 0.333 e.